The molecule has 1 heterocycles. The highest BCUT2D eigenvalue weighted by Gasteiger charge is 2.15. The van der Waals surface area contributed by atoms with Crippen molar-refractivity contribution in [2.24, 2.45) is 0 Å². The zero-order valence-electron chi connectivity index (χ0n) is 20.5. The lowest BCUT2D eigenvalue weighted by Gasteiger charge is -2.18. The lowest BCUT2D eigenvalue weighted by atomic mass is 10.1. The third-order valence-electron chi connectivity index (χ3n) is 5.15. The Labute approximate surface area is 199 Å². The number of allylic oxidation sites excluding steroid dienone is 9. The Balaban J connectivity index is 3.08. The van der Waals surface area contributed by atoms with Gasteiger partial charge in [0.15, 0.2) is 0 Å². The summed E-state index contributed by atoms with van der Waals surface area (Å²) in [5.41, 5.74) is 1.82. The highest BCUT2D eigenvalue weighted by Crippen LogP contribution is 2.09. The summed E-state index contributed by atoms with van der Waals surface area (Å²) in [4.78, 5) is 12.7. The minimum Gasteiger partial charge on any atom is -0.386 e. The second-order valence-electron chi connectivity index (χ2n) is 8.31. The molecule has 1 aliphatic rings. The van der Waals surface area contributed by atoms with E-state index in [0.717, 1.165) is 36.8 Å². The number of nitrogens with one attached hydrogen (secondary N) is 1. The van der Waals surface area contributed by atoms with Crippen molar-refractivity contribution in [1.82, 2.24) is 5.32 Å². The molecule has 4 unspecified atom stereocenters. The van der Waals surface area contributed by atoms with Gasteiger partial charge >= 0.3 is 0 Å². The fraction of sp³-hybridized carbons (Fsp3) is 0.464. The molecule has 5 nitrogen and oxygen atoms in total. The normalized spacial score (nSPS) is 33.2. The number of methoxy groups -OCH3 is 1. The molecule has 1 amide bonds. The Morgan fingerprint density at radius 1 is 1.06 bits per heavy atom. The van der Waals surface area contributed by atoms with Crippen LogP contribution in [0, 0.1) is 0 Å². The lowest BCUT2D eigenvalue weighted by molar-refractivity contribution is -0.123. The van der Waals surface area contributed by atoms with Gasteiger partial charge in [-0.2, -0.15) is 0 Å². The van der Waals surface area contributed by atoms with Gasteiger partial charge in [0.05, 0.1) is 12.5 Å². The van der Waals surface area contributed by atoms with E-state index in [9.17, 15) is 15.0 Å². The van der Waals surface area contributed by atoms with Crippen LogP contribution >= 0.6 is 0 Å². The Morgan fingerprint density at radius 2 is 1.85 bits per heavy atom. The molecule has 1 rings (SSSR count). The number of aliphatic hydroxyl groups excluding tert-OH is 2. The SMILES string of the molecule is CCC/C=C/CC1C/C=C/C=C(C)/C=C/C=C\C(O)C(O)/C=C(C)\C=C\C(OC)CC(=O)N1. The summed E-state index contributed by atoms with van der Waals surface area (Å²) in [5.74, 6) is -0.0694. The van der Waals surface area contributed by atoms with Crippen LogP contribution in [-0.2, 0) is 9.53 Å². The van der Waals surface area contributed by atoms with Crippen LogP contribution in [0.1, 0.15) is 52.9 Å². The molecular weight excluding hydrogens is 414 g/mol. The first-order chi connectivity index (χ1) is 15.8. The molecule has 0 saturated carbocycles. The van der Waals surface area contributed by atoms with Gasteiger partial charge in [0, 0.05) is 13.2 Å². The predicted molar refractivity (Wildman–Crippen MR) is 137 cm³/mol. The number of carbonyl (C=O) groups is 1. The van der Waals surface area contributed by atoms with E-state index in [1.807, 2.05) is 38.2 Å². The van der Waals surface area contributed by atoms with E-state index < -0.39 is 12.2 Å². The average molecular weight is 456 g/mol. The van der Waals surface area contributed by atoms with Crippen LogP contribution in [0.4, 0.5) is 0 Å². The molecule has 0 aliphatic carbocycles. The number of hydrogen-bond donors (Lipinski definition) is 3. The van der Waals surface area contributed by atoms with Gasteiger partial charge in [-0.05, 0) is 33.1 Å². The topological polar surface area (TPSA) is 78.8 Å². The summed E-state index contributed by atoms with van der Waals surface area (Å²) in [5, 5.41) is 23.5. The van der Waals surface area contributed by atoms with E-state index in [-0.39, 0.29) is 24.5 Å². The number of aliphatic hydroxyl groups is 2. The third kappa shape index (κ3) is 13.6. The molecule has 182 valence electrons. The van der Waals surface area contributed by atoms with Gasteiger partial charge in [-0.15, -0.1) is 0 Å². The van der Waals surface area contributed by atoms with Crippen LogP contribution in [0.15, 0.2) is 84.1 Å². The number of carbonyl (C=O) groups excluding carboxylic acids is 1. The van der Waals surface area contributed by atoms with Gasteiger partial charge in [0.1, 0.15) is 12.2 Å². The molecule has 0 aromatic rings. The maximum atomic E-state index is 12.7. The molecule has 0 spiro atoms. The molecule has 3 N–H and O–H groups in total. The van der Waals surface area contributed by atoms with E-state index in [1.165, 1.54) is 0 Å². The molecule has 0 saturated heterocycles. The van der Waals surface area contributed by atoms with Crippen molar-refractivity contribution in [1.29, 1.82) is 0 Å². The van der Waals surface area contributed by atoms with Gasteiger partial charge in [0.2, 0.25) is 5.91 Å². The average Bonchev–Trinajstić information content (AvgIpc) is 2.78. The van der Waals surface area contributed by atoms with E-state index >= 15 is 0 Å². The summed E-state index contributed by atoms with van der Waals surface area (Å²) in [6, 6.07) is 0.0133. The smallest absolute Gasteiger partial charge is 0.223 e. The molecule has 0 fully saturated rings. The van der Waals surface area contributed by atoms with E-state index in [0.29, 0.717) is 0 Å². The van der Waals surface area contributed by atoms with Crippen molar-refractivity contribution in [3.63, 3.8) is 0 Å². The maximum Gasteiger partial charge on any atom is 0.223 e. The molecule has 0 bridgehead atoms. The summed E-state index contributed by atoms with van der Waals surface area (Å²) < 4.78 is 5.45. The van der Waals surface area contributed by atoms with Crippen LogP contribution in [0.2, 0.25) is 0 Å². The second kappa shape index (κ2) is 17.1. The summed E-state index contributed by atoms with van der Waals surface area (Å²) in [7, 11) is 1.57. The Bertz CT molecular complexity index is 786. The van der Waals surface area contributed by atoms with Gasteiger partial charge in [-0.25, -0.2) is 0 Å². The molecule has 4 atom stereocenters. The zero-order chi connectivity index (χ0) is 24.5. The number of ether oxygens (including phenoxy) is 1. The number of unbranched alkanes of at least 4 members (excludes halogenated alkanes) is 1. The fourth-order valence-electron chi connectivity index (χ4n) is 3.16. The minimum absolute atomic E-state index is 0.0133. The van der Waals surface area contributed by atoms with Crippen LogP contribution in [0.5, 0.6) is 0 Å². The first-order valence-corrected chi connectivity index (χ1v) is 11.7. The van der Waals surface area contributed by atoms with Gasteiger partial charge < -0.3 is 20.3 Å². The van der Waals surface area contributed by atoms with Crippen LogP contribution in [-0.4, -0.2) is 47.6 Å². The molecule has 33 heavy (non-hydrogen) atoms. The van der Waals surface area contributed by atoms with Crippen molar-refractivity contribution in [3.05, 3.63) is 84.1 Å². The monoisotopic (exact) mass is 455 g/mol. The Morgan fingerprint density at radius 3 is 2.58 bits per heavy atom. The Kier molecular flexibility index (Phi) is 14.8. The van der Waals surface area contributed by atoms with Crippen molar-refractivity contribution >= 4 is 5.91 Å². The highest BCUT2D eigenvalue weighted by atomic mass is 16.5. The predicted octanol–water partition coefficient (Wildman–Crippen LogP) is 4.87. The molecule has 0 radical (unpaired) electrons. The third-order valence-corrected chi connectivity index (χ3v) is 5.15. The van der Waals surface area contributed by atoms with Crippen molar-refractivity contribution in [3.8, 4) is 0 Å². The largest absolute Gasteiger partial charge is 0.386 e. The van der Waals surface area contributed by atoms with Crippen LogP contribution in [0.3, 0.4) is 0 Å². The van der Waals surface area contributed by atoms with Crippen molar-refractivity contribution in [2.45, 2.75) is 77.2 Å². The Hall–Kier alpha value is -2.47. The van der Waals surface area contributed by atoms with E-state index in [2.05, 4.69) is 30.5 Å². The molecule has 1 aliphatic heterocycles. The van der Waals surface area contributed by atoms with Gasteiger partial charge in [-0.1, -0.05) is 97.4 Å². The number of rotatable bonds is 5. The second-order valence-corrected chi connectivity index (χ2v) is 8.31. The summed E-state index contributed by atoms with van der Waals surface area (Å²) in [6.45, 7) is 5.96. The van der Waals surface area contributed by atoms with Crippen LogP contribution < -0.4 is 5.32 Å². The van der Waals surface area contributed by atoms with Crippen molar-refractivity contribution < 1.29 is 19.7 Å². The first-order valence-electron chi connectivity index (χ1n) is 11.7. The fourth-order valence-corrected chi connectivity index (χ4v) is 3.16. The maximum absolute atomic E-state index is 12.7. The summed E-state index contributed by atoms with van der Waals surface area (Å²) in [6.07, 6.45) is 24.0. The van der Waals surface area contributed by atoms with Gasteiger partial charge in [-0.3, -0.25) is 4.79 Å². The quantitative estimate of drug-likeness (QED) is 0.517. The minimum atomic E-state index is -1.03. The molecule has 5 heteroatoms. The number of hydrogen-bond acceptors (Lipinski definition) is 4. The van der Waals surface area contributed by atoms with E-state index in [4.69, 9.17) is 4.74 Å². The summed E-state index contributed by atoms with van der Waals surface area (Å²) >= 11 is 0. The lowest BCUT2D eigenvalue weighted by Crippen LogP contribution is -2.36. The highest BCUT2D eigenvalue weighted by molar-refractivity contribution is 5.77. The van der Waals surface area contributed by atoms with Gasteiger partial charge in [0.25, 0.3) is 0 Å². The molecule has 0 aromatic heterocycles. The molecular formula is C28H41NO4. The molecule has 0 aromatic carbocycles. The van der Waals surface area contributed by atoms with E-state index in [1.54, 1.807) is 37.5 Å². The standard InChI is InChI=1S/C28H41NO4/c1-5-6-7-8-15-24-16-11-9-13-22(2)14-10-12-17-26(30)27(31)20-23(3)18-19-25(33-4)21-28(32)29-24/h7-14,17-20,24-27,30-31H,5-6,15-16,21H2,1-4H3,(H,29,32)/b8-7+,11-9+,14-10+,17-12-,19-18+,22-13+,23-20-. The first kappa shape index (κ1) is 28.6. The zero-order valence-corrected chi connectivity index (χ0v) is 20.5. The van der Waals surface area contributed by atoms with Crippen molar-refractivity contribution in [2.75, 3.05) is 7.11 Å². The van der Waals surface area contributed by atoms with Crippen LogP contribution in [0.25, 0.3) is 0 Å². The number of amides is 1.